The highest BCUT2D eigenvalue weighted by molar-refractivity contribution is 7.09. The van der Waals surface area contributed by atoms with Crippen molar-refractivity contribution in [2.24, 2.45) is 0 Å². The molecular weight excluding hydrogens is 278 g/mol. The summed E-state index contributed by atoms with van der Waals surface area (Å²) in [6.07, 6.45) is 4.62. The van der Waals surface area contributed by atoms with E-state index in [-0.39, 0.29) is 0 Å². The quantitative estimate of drug-likeness (QED) is 0.856. The lowest BCUT2D eigenvalue weighted by molar-refractivity contribution is 0.315. The van der Waals surface area contributed by atoms with Crippen LogP contribution in [0.3, 0.4) is 0 Å². The lowest BCUT2D eigenvalue weighted by atomic mass is 9.87. The monoisotopic (exact) mass is 301 g/mol. The Morgan fingerprint density at radius 1 is 1.29 bits per heavy atom. The van der Waals surface area contributed by atoms with E-state index >= 15 is 0 Å². The van der Waals surface area contributed by atoms with E-state index in [2.05, 4.69) is 48.0 Å². The van der Waals surface area contributed by atoms with Crippen LogP contribution in [0.4, 0.5) is 0 Å². The summed E-state index contributed by atoms with van der Waals surface area (Å²) in [6, 6.07) is 11.3. The van der Waals surface area contributed by atoms with Gasteiger partial charge >= 0.3 is 0 Å². The number of benzene rings is 1. The van der Waals surface area contributed by atoms with E-state index in [1.807, 2.05) is 0 Å². The molecule has 1 aromatic carbocycles. The molecule has 112 valence electrons. The molecule has 1 aliphatic rings. The third-order valence-electron chi connectivity index (χ3n) is 4.10. The molecule has 1 N–H and O–H groups in total. The highest BCUT2D eigenvalue weighted by Gasteiger charge is 2.21. The second kappa shape index (κ2) is 7.10. The standard InChI is InChI=1S/C18H23NOS/c1-2-19-17-9-3-8-16-15(17)7-4-10-18(16)20-12-11-14-6-5-13-21-14/h4-7,10,13,17,19H,2-3,8-9,11-12H2,1H3. The molecule has 0 aliphatic heterocycles. The molecule has 1 unspecified atom stereocenters. The number of rotatable bonds is 6. The van der Waals surface area contributed by atoms with Gasteiger partial charge in [-0.25, -0.2) is 0 Å². The Kier molecular flexibility index (Phi) is 4.94. The van der Waals surface area contributed by atoms with Crippen LogP contribution in [0, 0.1) is 0 Å². The van der Waals surface area contributed by atoms with E-state index < -0.39 is 0 Å². The minimum atomic E-state index is 0.500. The van der Waals surface area contributed by atoms with Gasteiger partial charge < -0.3 is 10.1 Å². The van der Waals surface area contributed by atoms with Crippen LogP contribution < -0.4 is 10.1 Å². The summed E-state index contributed by atoms with van der Waals surface area (Å²) < 4.78 is 6.08. The molecule has 0 saturated heterocycles. The topological polar surface area (TPSA) is 21.3 Å². The first kappa shape index (κ1) is 14.6. The summed E-state index contributed by atoms with van der Waals surface area (Å²) in [7, 11) is 0. The van der Waals surface area contributed by atoms with Crippen LogP contribution in [0.25, 0.3) is 0 Å². The summed E-state index contributed by atoms with van der Waals surface area (Å²) in [5.74, 6) is 1.09. The van der Waals surface area contributed by atoms with Gasteiger partial charge in [0.05, 0.1) is 6.61 Å². The number of hydrogen-bond acceptors (Lipinski definition) is 3. The maximum absolute atomic E-state index is 6.08. The van der Waals surface area contributed by atoms with Crippen LogP contribution in [0.1, 0.15) is 41.8 Å². The number of hydrogen-bond donors (Lipinski definition) is 1. The normalized spacial score (nSPS) is 17.5. The highest BCUT2D eigenvalue weighted by atomic mass is 32.1. The second-order valence-electron chi connectivity index (χ2n) is 5.50. The maximum Gasteiger partial charge on any atom is 0.122 e. The van der Waals surface area contributed by atoms with Crippen LogP contribution >= 0.6 is 11.3 Å². The van der Waals surface area contributed by atoms with E-state index in [4.69, 9.17) is 4.74 Å². The summed E-state index contributed by atoms with van der Waals surface area (Å²) in [5, 5.41) is 5.72. The van der Waals surface area contributed by atoms with Crippen molar-refractivity contribution in [3.8, 4) is 5.75 Å². The van der Waals surface area contributed by atoms with Crippen LogP contribution in [0.5, 0.6) is 5.75 Å². The van der Waals surface area contributed by atoms with Gasteiger partial charge in [0.25, 0.3) is 0 Å². The average molecular weight is 301 g/mol. The Hall–Kier alpha value is -1.32. The van der Waals surface area contributed by atoms with Crippen molar-refractivity contribution in [1.82, 2.24) is 5.32 Å². The lowest BCUT2D eigenvalue weighted by Gasteiger charge is -2.27. The van der Waals surface area contributed by atoms with Gasteiger partial charge in [0, 0.05) is 17.3 Å². The van der Waals surface area contributed by atoms with Crippen LogP contribution in [-0.4, -0.2) is 13.2 Å². The molecule has 0 spiro atoms. The molecule has 1 aromatic heterocycles. The first-order valence-electron chi connectivity index (χ1n) is 7.89. The molecule has 1 aliphatic carbocycles. The minimum absolute atomic E-state index is 0.500. The van der Waals surface area contributed by atoms with Gasteiger partial charge in [-0.1, -0.05) is 25.1 Å². The zero-order valence-electron chi connectivity index (χ0n) is 12.6. The zero-order valence-corrected chi connectivity index (χ0v) is 13.4. The summed E-state index contributed by atoms with van der Waals surface area (Å²) in [6.45, 7) is 3.96. The molecule has 2 aromatic rings. The SMILES string of the molecule is CCNC1CCCc2c(OCCc3cccs3)cccc21. The second-order valence-corrected chi connectivity index (χ2v) is 6.54. The molecule has 1 heterocycles. The van der Waals surface area contributed by atoms with Crippen molar-refractivity contribution >= 4 is 11.3 Å². The van der Waals surface area contributed by atoms with Gasteiger partial charge in [-0.2, -0.15) is 0 Å². The molecule has 21 heavy (non-hydrogen) atoms. The Balaban J connectivity index is 1.69. The fourth-order valence-electron chi connectivity index (χ4n) is 3.13. The van der Waals surface area contributed by atoms with Gasteiger partial charge in [0.2, 0.25) is 0 Å². The van der Waals surface area contributed by atoms with Crippen molar-refractivity contribution in [3.63, 3.8) is 0 Å². The molecule has 3 heteroatoms. The van der Waals surface area contributed by atoms with Crippen molar-refractivity contribution < 1.29 is 4.74 Å². The van der Waals surface area contributed by atoms with Gasteiger partial charge in [-0.3, -0.25) is 0 Å². The van der Waals surface area contributed by atoms with E-state index in [9.17, 15) is 0 Å². The highest BCUT2D eigenvalue weighted by Crippen LogP contribution is 2.35. The molecule has 2 nitrogen and oxygen atoms in total. The first-order chi connectivity index (χ1) is 10.4. The third kappa shape index (κ3) is 3.47. The van der Waals surface area contributed by atoms with E-state index in [0.29, 0.717) is 6.04 Å². The Morgan fingerprint density at radius 3 is 3.05 bits per heavy atom. The molecule has 0 bridgehead atoms. The molecule has 0 radical (unpaired) electrons. The lowest BCUT2D eigenvalue weighted by Crippen LogP contribution is -2.25. The van der Waals surface area contributed by atoms with Crippen LogP contribution in [-0.2, 0) is 12.8 Å². The zero-order chi connectivity index (χ0) is 14.5. The Labute approximate surface area is 131 Å². The maximum atomic E-state index is 6.08. The number of thiophene rings is 1. The van der Waals surface area contributed by atoms with E-state index in [0.717, 1.165) is 31.7 Å². The molecule has 0 amide bonds. The van der Waals surface area contributed by atoms with Gasteiger partial charge in [-0.15, -0.1) is 11.3 Å². The first-order valence-corrected chi connectivity index (χ1v) is 8.77. The van der Waals surface area contributed by atoms with Crippen molar-refractivity contribution in [1.29, 1.82) is 0 Å². The van der Waals surface area contributed by atoms with Gasteiger partial charge in [0.1, 0.15) is 5.75 Å². The molecule has 0 saturated carbocycles. The fraction of sp³-hybridized carbons (Fsp3) is 0.444. The van der Waals surface area contributed by atoms with Gasteiger partial charge in [-0.05, 0) is 54.4 Å². The van der Waals surface area contributed by atoms with Crippen molar-refractivity contribution in [2.75, 3.05) is 13.2 Å². The van der Waals surface area contributed by atoms with Crippen LogP contribution in [0.15, 0.2) is 35.7 Å². The van der Waals surface area contributed by atoms with Crippen molar-refractivity contribution in [2.45, 2.75) is 38.6 Å². The van der Waals surface area contributed by atoms with Crippen molar-refractivity contribution in [3.05, 3.63) is 51.7 Å². The average Bonchev–Trinajstić information content (AvgIpc) is 3.02. The minimum Gasteiger partial charge on any atom is -0.493 e. The predicted molar refractivity (Wildman–Crippen MR) is 89.3 cm³/mol. The third-order valence-corrected chi connectivity index (χ3v) is 5.04. The van der Waals surface area contributed by atoms with Crippen LogP contribution in [0.2, 0.25) is 0 Å². The Morgan fingerprint density at radius 2 is 2.24 bits per heavy atom. The molecule has 3 rings (SSSR count). The number of fused-ring (bicyclic) bond motifs is 1. The number of nitrogens with one attached hydrogen (secondary N) is 1. The Bertz CT molecular complexity index is 565. The number of ether oxygens (including phenoxy) is 1. The smallest absolute Gasteiger partial charge is 0.122 e. The summed E-state index contributed by atoms with van der Waals surface area (Å²) in [5.41, 5.74) is 2.86. The molecule has 1 atom stereocenters. The largest absolute Gasteiger partial charge is 0.493 e. The summed E-state index contributed by atoms with van der Waals surface area (Å²) in [4.78, 5) is 1.39. The predicted octanol–water partition coefficient (Wildman–Crippen LogP) is 4.36. The molecule has 0 fully saturated rings. The van der Waals surface area contributed by atoms with Gasteiger partial charge in [0.15, 0.2) is 0 Å². The van der Waals surface area contributed by atoms with E-state index in [1.54, 1.807) is 11.3 Å². The fourth-order valence-corrected chi connectivity index (χ4v) is 3.82. The summed E-state index contributed by atoms with van der Waals surface area (Å²) >= 11 is 1.80. The molecular formula is C18H23NOS. The van der Waals surface area contributed by atoms with E-state index in [1.165, 1.54) is 28.8 Å².